The van der Waals surface area contributed by atoms with Gasteiger partial charge in [-0.25, -0.2) is 28.4 Å². The standard InChI is InChI=1S/C14H10BrF2N5S/c1-23-14-19-7-8(15)11(20-14)13-18-5-6-22(13)21-12-9(16)3-2-4-10(12)17/h2-7,21H,1H3. The summed E-state index contributed by atoms with van der Waals surface area (Å²) in [6, 6.07) is 3.65. The van der Waals surface area contributed by atoms with Crippen molar-refractivity contribution < 1.29 is 8.78 Å². The second-order valence-corrected chi connectivity index (χ2v) is 6.01. The molecule has 1 N–H and O–H groups in total. The number of anilines is 1. The smallest absolute Gasteiger partial charge is 0.187 e. The quantitative estimate of drug-likeness (QED) is 0.532. The molecule has 0 bridgehead atoms. The summed E-state index contributed by atoms with van der Waals surface area (Å²) in [6.45, 7) is 0. The van der Waals surface area contributed by atoms with Gasteiger partial charge in [0.1, 0.15) is 11.4 Å². The Balaban J connectivity index is 2.04. The lowest BCUT2D eigenvalue weighted by Crippen LogP contribution is -2.13. The van der Waals surface area contributed by atoms with Crippen molar-refractivity contribution in [1.82, 2.24) is 19.6 Å². The van der Waals surface area contributed by atoms with Gasteiger partial charge < -0.3 is 0 Å². The predicted molar refractivity (Wildman–Crippen MR) is 88.1 cm³/mol. The van der Waals surface area contributed by atoms with Crippen LogP contribution in [0.3, 0.4) is 0 Å². The van der Waals surface area contributed by atoms with Crippen molar-refractivity contribution in [1.29, 1.82) is 0 Å². The fourth-order valence-electron chi connectivity index (χ4n) is 1.90. The highest BCUT2D eigenvalue weighted by Gasteiger charge is 2.15. The van der Waals surface area contributed by atoms with E-state index >= 15 is 0 Å². The maximum Gasteiger partial charge on any atom is 0.187 e. The Morgan fingerprint density at radius 2 is 1.96 bits per heavy atom. The molecule has 2 aromatic heterocycles. The molecule has 0 saturated carbocycles. The molecule has 0 saturated heterocycles. The van der Waals surface area contributed by atoms with E-state index in [-0.39, 0.29) is 5.69 Å². The minimum absolute atomic E-state index is 0.262. The molecule has 0 spiro atoms. The maximum absolute atomic E-state index is 13.8. The Labute approximate surface area is 143 Å². The monoisotopic (exact) mass is 397 g/mol. The van der Waals surface area contributed by atoms with Crippen LogP contribution < -0.4 is 5.43 Å². The van der Waals surface area contributed by atoms with Crippen LogP contribution in [0.4, 0.5) is 14.5 Å². The molecule has 3 rings (SSSR count). The zero-order valence-corrected chi connectivity index (χ0v) is 14.2. The van der Waals surface area contributed by atoms with Crippen molar-refractivity contribution in [3.8, 4) is 11.5 Å². The zero-order chi connectivity index (χ0) is 16.4. The van der Waals surface area contributed by atoms with Crippen LogP contribution in [0.1, 0.15) is 0 Å². The molecular formula is C14H10BrF2N5S. The van der Waals surface area contributed by atoms with Crippen LogP contribution in [0.25, 0.3) is 11.5 Å². The van der Waals surface area contributed by atoms with Gasteiger partial charge in [-0.05, 0) is 34.3 Å². The van der Waals surface area contributed by atoms with Crippen LogP contribution >= 0.6 is 27.7 Å². The van der Waals surface area contributed by atoms with Crippen molar-refractivity contribution >= 4 is 33.4 Å². The largest absolute Gasteiger partial charge is 0.287 e. The number of halogens is 3. The van der Waals surface area contributed by atoms with Crippen LogP contribution in [-0.4, -0.2) is 25.9 Å². The lowest BCUT2D eigenvalue weighted by atomic mass is 10.3. The van der Waals surface area contributed by atoms with Gasteiger partial charge in [-0.1, -0.05) is 17.8 Å². The number of nitrogens with zero attached hydrogens (tertiary/aromatic N) is 4. The number of thioether (sulfide) groups is 1. The van der Waals surface area contributed by atoms with Gasteiger partial charge in [-0.3, -0.25) is 5.43 Å². The third-order valence-electron chi connectivity index (χ3n) is 2.95. The van der Waals surface area contributed by atoms with Crippen LogP contribution in [0, 0.1) is 11.6 Å². The number of hydrogen-bond donors (Lipinski definition) is 1. The molecule has 118 valence electrons. The van der Waals surface area contributed by atoms with Gasteiger partial charge in [0.25, 0.3) is 0 Å². The first-order chi connectivity index (χ1) is 11.1. The van der Waals surface area contributed by atoms with E-state index in [1.165, 1.54) is 40.8 Å². The van der Waals surface area contributed by atoms with Crippen LogP contribution in [0.15, 0.2) is 46.4 Å². The normalized spacial score (nSPS) is 10.8. The predicted octanol–water partition coefficient (Wildman–Crippen LogP) is 3.98. The zero-order valence-electron chi connectivity index (χ0n) is 11.8. The Morgan fingerprint density at radius 1 is 1.22 bits per heavy atom. The highest BCUT2D eigenvalue weighted by molar-refractivity contribution is 9.10. The van der Waals surface area contributed by atoms with E-state index in [0.717, 1.165) is 0 Å². The minimum Gasteiger partial charge on any atom is -0.287 e. The van der Waals surface area contributed by atoms with E-state index in [2.05, 4.69) is 36.3 Å². The number of benzene rings is 1. The number of aromatic nitrogens is 4. The molecule has 0 amide bonds. The lowest BCUT2D eigenvalue weighted by molar-refractivity contribution is 0.585. The summed E-state index contributed by atoms with van der Waals surface area (Å²) in [5.41, 5.74) is 2.92. The molecule has 0 aliphatic carbocycles. The number of nitrogens with one attached hydrogen (secondary N) is 1. The number of imidazole rings is 1. The topological polar surface area (TPSA) is 55.6 Å². The second kappa shape index (κ2) is 6.63. The van der Waals surface area contributed by atoms with Crippen LogP contribution in [-0.2, 0) is 0 Å². The fourth-order valence-corrected chi connectivity index (χ4v) is 2.61. The molecule has 0 fully saturated rings. The van der Waals surface area contributed by atoms with Gasteiger partial charge in [0, 0.05) is 18.6 Å². The van der Waals surface area contributed by atoms with E-state index in [4.69, 9.17) is 0 Å². The summed E-state index contributed by atoms with van der Waals surface area (Å²) >= 11 is 4.75. The van der Waals surface area contributed by atoms with Gasteiger partial charge in [0.2, 0.25) is 0 Å². The summed E-state index contributed by atoms with van der Waals surface area (Å²) in [4.78, 5) is 12.7. The SMILES string of the molecule is CSc1ncc(Br)c(-c2nccn2Nc2c(F)cccc2F)n1. The van der Waals surface area contributed by atoms with Gasteiger partial charge >= 0.3 is 0 Å². The van der Waals surface area contributed by atoms with E-state index in [9.17, 15) is 8.78 Å². The second-order valence-electron chi connectivity index (χ2n) is 4.38. The Bertz CT molecular complexity index is 835. The fraction of sp³-hybridized carbons (Fsp3) is 0.0714. The average molecular weight is 398 g/mol. The maximum atomic E-state index is 13.8. The first kappa shape index (κ1) is 15.9. The van der Waals surface area contributed by atoms with Crippen molar-refractivity contribution in [3.05, 3.63) is 52.9 Å². The summed E-state index contributed by atoms with van der Waals surface area (Å²) < 4.78 is 29.6. The summed E-state index contributed by atoms with van der Waals surface area (Å²) in [5.74, 6) is -0.996. The van der Waals surface area contributed by atoms with Gasteiger partial charge in [-0.2, -0.15) is 0 Å². The Hall–Kier alpha value is -2.00. The highest BCUT2D eigenvalue weighted by atomic mass is 79.9. The van der Waals surface area contributed by atoms with Crippen molar-refractivity contribution in [2.75, 3.05) is 11.7 Å². The summed E-state index contributed by atoms with van der Waals surface area (Å²) in [6.07, 6.45) is 6.52. The molecule has 3 aromatic rings. The van der Waals surface area contributed by atoms with Crippen molar-refractivity contribution in [3.63, 3.8) is 0 Å². The van der Waals surface area contributed by atoms with Crippen molar-refractivity contribution in [2.24, 2.45) is 0 Å². The number of rotatable bonds is 4. The minimum atomic E-state index is -0.698. The average Bonchev–Trinajstić information content (AvgIpc) is 2.99. The third-order valence-corrected chi connectivity index (χ3v) is 4.09. The lowest BCUT2D eigenvalue weighted by Gasteiger charge is -2.13. The molecule has 0 unspecified atom stereocenters. The highest BCUT2D eigenvalue weighted by Crippen LogP contribution is 2.27. The first-order valence-corrected chi connectivity index (χ1v) is 8.43. The van der Waals surface area contributed by atoms with Crippen molar-refractivity contribution in [2.45, 2.75) is 5.16 Å². The van der Waals surface area contributed by atoms with E-state index in [1.807, 2.05) is 6.26 Å². The van der Waals surface area contributed by atoms with E-state index in [0.29, 0.717) is 21.1 Å². The van der Waals surface area contributed by atoms with Crippen LogP contribution in [0.2, 0.25) is 0 Å². The molecule has 23 heavy (non-hydrogen) atoms. The number of hydrogen-bond acceptors (Lipinski definition) is 5. The molecule has 0 aliphatic rings. The van der Waals surface area contributed by atoms with Gasteiger partial charge in [0.05, 0.1) is 4.47 Å². The molecule has 2 heterocycles. The number of para-hydroxylation sites is 1. The van der Waals surface area contributed by atoms with Gasteiger partial charge in [0.15, 0.2) is 22.6 Å². The molecule has 0 radical (unpaired) electrons. The molecule has 1 aromatic carbocycles. The molecule has 0 atom stereocenters. The van der Waals surface area contributed by atoms with E-state index in [1.54, 1.807) is 12.4 Å². The van der Waals surface area contributed by atoms with Gasteiger partial charge in [-0.15, -0.1) is 0 Å². The molecule has 0 aliphatic heterocycles. The third kappa shape index (κ3) is 3.20. The summed E-state index contributed by atoms with van der Waals surface area (Å²) in [7, 11) is 0. The molecule has 5 nitrogen and oxygen atoms in total. The molecule has 9 heteroatoms. The van der Waals surface area contributed by atoms with E-state index < -0.39 is 11.6 Å². The Kier molecular flexibility index (Phi) is 4.58. The Morgan fingerprint density at radius 3 is 2.65 bits per heavy atom. The summed E-state index contributed by atoms with van der Waals surface area (Å²) in [5, 5.41) is 0.565. The molecular weight excluding hydrogens is 388 g/mol. The van der Waals surface area contributed by atoms with Crippen LogP contribution in [0.5, 0.6) is 0 Å². The first-order valence-electron chi connectivity index (χ1n) is 6.41.